The predicted octanol–water partition coefficient (Wildman–Crippen LogP) is 6.31. The van der Waals surface area contributed by atoms with Gasteiger partial charge in [-0.2, -0.15) is 0 Å². The van der Waals surface area contributed by atoms with Gasteiger partial charge in [-0.15, -0.1) is 21.5 Å². The predicted molar refractivity (Wildman–Crippen MR) is 145 cm³/mol. The fourth-order valence-electron chi connectivity index (χ4n) is 4.79. The number of fused-ring (bicyclic) bond motifs is 5. The molecule has 0 radical (unpaired) electrons. The lowest BCUT2D eigenvalue weighted by molar-refractivity contribution is 0.00200. The molecule has 4 heterocycles. The van der Waals surface area contributed by atoms with Crippen LogP contribution in [0.15, 0.2) is 40.3 Å². The Balaban J connectivity index is 1.60. The van der Waals surface area contributed by atoms with Crippen molar-refractivity contribution in [1.82, 2.24) is 19.2 Å². The summed E-state index contributed by atoms with van der Waals surface area (Å²) in [6.07, 6.45) is 7.16. The number of rotatable bonds is 10. The SMILES string of the molecule is CCCCCCCSc1nnc2n(Cc3ccccc3)c(=O)c3c4c(sc3n12)CO[C@@H](C(C)C)C4. The maximum atomic E-state index is 14.0. The van der Waals surface area contributed by atoms with Gasteiger partial charge in [0.05, 0.1) is 24.6 Å². The maximum Gasteiger partial charge on any atom is 0.264 e. The summed E-state index contributed by atoms with van der Waals surface area (Å²) in [7, 11) is 0. The van der Waals surface area contributed by atoms with Gasteiger partial charge >= 0.3 is 0 Å². The highest BCUT2D eigenvalue weighted by molar-refractivity contribution is 7.99. The second-order valence-electron chi connectivity index (χ2n) is 9.74. The van der Waals surface area contributed by atoms with Crippen molar-refractivity contribution in [1.29, 1.82) is 0 Å². The van der Waals surface area contributed by atoms with E-state index in [1.54, 1.807) is 23.1 Å². The van der Waals surface area contributed by atoms with Crippen molar-refractivity contribution in [2.75, 3.05) is 5.75 Å². The first kappa shape index (κ1) is 24.5. The van der Waals surface area contributed by atoms with Crippen LogP contribution < -0.4 is 5.56 Å². The lowest BCUT2D eigenvalue weighted by Crippen LogP contribution is -2.28. The largest absolute Gasteiger partial charge is 0.372 e. The van der Waals surface area contributed by atoms with Crippen LogP contribution in [0.1, 0.15) is 68.9 Å². The Morgan fingerprint density at radius 3 is 2.71 bits per heavy atom. The third-order valence-electron chi connectivity index (χ3n) is 6.83. The van der Waals surface area contributed by atoms with Gasteiger partial charge in [-0.3, -0.25) is 9.36 Å². The van der Waals surface area contributed by atoms with E-state index in [2.05, 4.69) is 47.5 Å². The highest BCUT2D eigenvalue weighted by Gasteiger charge is 2.29. The molecule has 0 spiro atoms. The molecular weight excluding hydrogens is 476 g/mol. The van der Waals surface area contributed by atoms with E-state index in [1.165, 1.54) is 25.7 Å². The van der Waals surface area contributed by atoms with Crippen molar-refractivity contribution >= 4 is 39.1 Å². The molecule has 186 valence electrons. The molecule has 0 bridgehead atoms. The summed E-state index contributed by atoms with van der Waals surface area (Å²) in [6, 6.07) is 10.1. The number of benzene rings is 1. The van der Waals surface area contributed by atoms with Crippen molar-refractivity contribution in [3.63, 3.8) is 0 Å². The van der Waals surface area contributed by atoms with Crippen LogP contribution in [-0.4, -0.2) is 31.0 Å². The van der Waals surface area contributed by atoms with Gasteiger partial charge in [-0.05, 0) is 23.5 Å². The van der Waals surface area contributed by atoms with Crippen LogP contribution >= 0.6 is 23.1 Å². The van der Waals surface area contributed by atoms with E-state index in [1.807, 2.05) is 22.8 Å². The number of thiophene rings is 1. The third-order valence-corrected chi connectivity index (χ3v) is 9.04. The van der Waals surface area contributed by atoms with Crippen LogP contribution in [0.3, 0.4) is 0 Å². The maximum absolute atomic E-state index is 14.0. The standard InChI is InChI=1S/C27H34N4O2S2/c1-4-5-6-7-11-14-34-27-29-28-26-30(16-19-12-9-8-10-13-19)24(32)23-20-15-21(18(2)3)33-17-22(20)35-25(23)31(26)27/h8-10,12-13,18,21H,4-7,11,14-17H2,1-3H3/t21-/m1/s1. The Morgan fingerprint density at radius 2 is 1.94 bits per heavy atom. The van der Waals surface area contributed by atoms with Gasteiger partial charge in [0.15, 0.2) is 5.16 Å². The van der Waals surface area contributed by atoms with Gasteiger partial charge in [0, 0.05) is 17.1 Å². The van der Waals surface area contributed by atoms with Gasteiger partial charge in [0.1, 0.15) is 4.83 Å². The minimum atomic E-state index is 0.0294. The first-order valence-corrected chi connectivity index (χ1v) is 14.6. The summed E-state index contributed by atoms with van der Waals surface area (Å²) in [6.45, 7) is 7.66. The highest BCUT2D eigenvalue weighted by atomic mass is 32.2. The fourth-order valence-corrected chi connectivity index (χ4v) is 7.02. The van der Waals surface area contributed by atoms with Crippen molar-refractivity contribution in [3.05, 3.63) is 56.7 Å². The number of ether oxygens (including phenoxy) is 1. The summed E-state index contributed by atoms with van der Waals surface area (Å²) in [5, 5.41) is 10.8. The van der Waals surface area contributed by atoms with E-state index in [0.717, 1.165) is 50.0 Å². The molecule has 0 saturated heterocycles. The van der Waals surface area contributed by atoms with Crippen LogP contribution in [0, 0.1) is 5.92 Å². The Morgan fingerprint density at radius 1 is 1.14 bits per heavy atom. The van der Waals surface area contributed by atoms with E-state index < -0.39 is 0 Å². The average Bonchev–Trinajstić information content (AvgIpc) is 3.45. The van der Waals surface area contributed by atoms with Crippen molar-refractivity contribution in [3.8, 4) is 0 Å². The number of unbranched alkanes of at least 4 members (excludes halogenated alkanes) is 4. The lowest BCUT2D eigenvalue weighted by Gasteiger charge is -2.26. The molecule has 1 atom stereocenters. The molecule has 0 amide bonds. The third kappa shape index (κ3) is 4.93. The van der Waals surface area contributed by atoms with E-state index >= 15 is 0 Å². The molecule has 0 aliphatic carbocycles. The Bertz CT molecular complexity index is 1360. The topological polar surface area (TPSA) is 61.4 Å². The minimum Gasteiger partial charge on any atom is -0.372 e. The molecule has 8 heteroatoms. The monoisotopic (exact) mass is 510 g/mol. The zero-order valence-electron chi connectivity index (χ0n) is 20.8. The molecule has 4 aromatic rings. The Hall–Kier alpha value is -2.16. The second-order valence-corrected chi connectivity index (χ2v) is 11.9. The van der Waals surface area contributed by atoms with Crippen molar-refractivity contribution < 1.29 is 4.74 Å². The van der Waals surface area contributed by atoms with Crippen molar-refractivity contribution in [2.45, 2.75) is 83.7 Å². The smallest absolute Gasteiger partial charge is 0.264 e. The molecule has 0 N–H and O–H groups in total. The zero-order chi connectivity index (χ0) is 24.4. The van der Waals surface area contributed by atoms with Crippen LogP contribution in [-0.2, 0) is 24.3 Å². The molecule has 1 aromatic carbocycles. The number of nitrogens with zero attached hydrogens (tertiary/aromatic N) is 4. The summed E-state index contributed by atoms with van der Waals surface area (Å²) >= 11 is 3.42. The summed E-state index contributed by atoms with van der Waals surface area (Å²) < 4.78 is 10.1. The molecule has 0 saturated carbocycles. The highest BCUT2D eigenvalue weighted by Crippen LogP contribution is 2.37. The minimum absolute atomic E-state index is 0.0294. The number of hydrogen-bond acceptors (Lipinski definition) is 6. The fraction of sp³-hybridized carbons (Fsp3) is 0.519. The molecular formula is C27H34N4O2S2. The summed E-state index contributed by atoms with van der Waals surface area (Å²) in [5.74, 6) is 2.04. The number of aromatic nitrogens is 4. The average molecular weight is 511 g/mol. The Kier molecular flexibility index (Phi) is 7.60. The van der Waals surface area contributed by atoms with E-state index in [4.69, 9.17) is 4.74 Å². The zero-order valence-corrected chi connectivity index (χ0v) is 22.5. The quantitative estimate of drug-likeness (QED) is 0.185. The normalized spacial score (nSPS) is 15.9. The molecule has 35 heavy (non-hydrogen) atoms. The lowest BCUT2D eigenvalue weighted by atomic mass is 9.96. The van der Waals surface area contributed by atoms with Crippen LogP contribution in [0.25, 0.3) is 16.0 Å². The van der Waals surface area contributed by atoms with Crippen LogP contribution in [0.4, 0.5) is 0 Å². The molecule has 1 aliphatic rings. The van der Waals surface area contributed by atoms with Gasteiger partial charge in [0.25, 0.3) is 5.56 Å². The summed E-state index contributed by atoms with van der Waals surface area (Å²) in [5.41, 5.74) is 2.27. The molecule has 0 fully saturated rings. The summed E-state index contributed by atoms with van der Waals surface area (Å²) in [4.78, 5) is 16.1. The molecule has 5 rings (SSSR count). The van der Waals surface area contributed by atoms with Crippen LogP contribution in [0.2, 0.25) is 0 Å². The first-order valence-electron chi connectivity index (χ1n) is 12.8. The van der Waals surface area contributed by atoms with Gasteiger partial charge in [-0.25, -0.2) is 4.40 Å². The first-order chi connectivity index (χ1) is 17.1. The molecule has 1 aliphatic heterocycles. The molecule has 3 aromatic heterocycles. The van der Waals surface area contributed by atoms with E-state index in [-0.39, 0.29) is 11.7 Å². The molecule has 0 unspecified atom stereocenters. The van der Waals surface area contributed by atoms with E-state index in [0.29, 0.717) is 24.8 Å². The second kappa shape index (κ2) is 10.8. The van der Waals surface area contributed by atoms with Gasteiger partial charge in [0.2, 0.25) is 5.78 Å². The van der Waals surface area contributed by atoms with Crippen LogP contribution in [0.5, 0.6) is 0 Å². The van der Waals surface area contributed by atoms with Gasteiger partial charge in [-0.1, -0.05) is 88.5 Å². The Labute approximate surface area is 214 Å². The molecule has 6 nitrogen and oxygen atoms in total. The van der Waals surface area contributed by atoms with Gasteiger partial charge < -0.3 is 4.74 Å². The van der Waals surface area contributed by atoms with Crippen molar-refractivity contribution in [2.24, 2.45) is 5.92 Å². The number of thioether (sulfide) groups is 1. The van der Waals surface area contributed by atoms with E-state index in [9.17, 15) is 4.79 Å². The number of hydrogen-bond donors (Lipinski definition) is 0.